The monoisotopic (exact) mass is 626 g/mol. The number of hydrogen-bond donors (Lipinski definition) is 3. The number of alkyl halides is 3. The van der Waals surface area contributed by atoms with Gasteiger partial charge in [0.05, 0.1) is 0 Å². The number of nitrogens with one attached hydrogen (secondary N) is 2. The molecule has 0 aliphatic heterocycles. The number of carbonyl (C=O) groups is 2. The van der Waals surface area contributed by atoms with Crippen LogP contribution in [0.3, 0.4) is 0 Å². The first kappa shape index (κ1) is 36.1. The predicted octanol–water partition coefficient (Wildman–Crippen LogP) is 7.86. The fraction of sp³-hybridized carbons (Fsp3) is 0.562. The van der Waals surface area contributed by atoms with E-state index in [1.165, 1.54) is 38.5 Å². The first-order valence-electron chi connectivity index (χ1n) is 14.7. The first-order chi connectivity index (χ1) is 20.1. The maximum absolute atomic E-state index is 13.2. The Kier molecular flexibility index (Phi) is 16.5. The third-order valence-corrected chi connectivity index (χ3v) is 8.48. The minimum Gasteiger partial charge on any atom is -0.480 e. The van der Waals surface area contributed by atoms with E-state index in [1.807, 2.05) is 49.6 Å². The third kappa shape index (κ3) is 13.5. The number of amides is 1. The molecule has 10 heteroatoms. The van der Waals surface area contributed by atoms with Gasteiger partial charge in [-0.1, -0.05) is 62.4 Å². The maximum Gasteiger partial charge on any atom is 0.389 e. The summed E-state index contributed by atoms with van der Waals surface area (Å²) in [6.45, 7) is 3.78. The van der Waals surface area contributed by atoms with Gasteiger partial charge in [-0.3, -0.25) is 4.79 Å². The molecule has 234 valence electrons. The molecule has 1 aliphatic carbocycles. The fourth-order valence-electron chi connectivity index (χ4n) is 5.04. The second-order valence-corrected chi connectivity index (χ2v) is 12.4. The summed E-state index contributed by atoms with van der Waals surface area (Å²) in [4.78, 5) is 24.8. The lowest BCUT2D eigenvalue weighted by molar-refractivity contribution is -0.139. The van der Waals surface area contributed by atoms with Gasteiger partial charge in [-0.15, -0.1) is 9.24 Å². The lowest BCUT2D eigenvalue weighted by atomic mass is 9.87. The van der Waals surface area contributed by atoms with Crippen LogP contribution in [0.5, 0.6) is 0 Å². The summed E-state index contributed by atoms with van der Waals surface area (Å²) in [6, 6.07) is 13.0. The Morgan fingerprint density at radius 3 is 2.40 bits per heavy atom. The van der Waals surface area contributed by atoms with Gasteiger partial charge < -0.3 is 15.7 Å². The minimum absolute atomic E-state index is 0.216. The van der Waals surface area contributed by atoms with E-state index < -0.39 is 24.6 Å². The number of aryl methyl sites for hydroxylation is 1. The number of thioether (sulfide) groups is 1. The number of carboxylic acids is 1. The molecule has 0 radical (unpaired) electrons. The topological polar surface area (TPSA) is 78.4 Å². The zero-order chi connectivity index (χ0) is 31.0. The van der Waals surface area contributed by atoms with E-state index in [0.717, 1.165) is 41.3 Å². The second-order valence-electron chi connectivity index (χ2n) is 10.8. The largest absolute Gasteiger partial charge is 0.480 e. The number of aliphatic carboxylic acids is 1. The van der Waals surface area contributed by atoms with E-state index in [0.29, 0.717) is 23.9 Å². The van der Waals surface area contributed by atoms with Gasteiger partial charge in [0.25, 0.3) is 5.91 Å². The smallest absolute Gasteiger partial charge is 0.389 e. The summed E-state index contributed by atoms with van der Waals surface area (Å²) in [5.74, 6) is 0.179. The molecule has 0 aromatic heterocycles. The van der Waals surface area contributed by atoms with E-state index in [4.69, 9.17) is 0 Å². The number of hydrogen-bond acceptors (Lipinski definition) is 4. The highest BCUT2D eigenvalue weighted by Crippen LogP contribution is 2.29. The molecule has 2 atom stereocenters. The van der Waals surface area contributed by atoms with E-state index in [1.54, 1.807) is 11.8 Å². The molecule has 3 N–H and O–H groups in total. The minimum atomic E-state index is -3.96. The van der Waals surface area contributed by atoms with Crippen molar-refractivity contribution in [2.45, 2.75) is 83.5 Å². The molecule has 0 bridgehead atoms. The van der Waals surface area contributed by atoms with Crippen molar-refractivity contribution in [3.8, 4) is 11.1 Å². The van der Waals surface area contributed by atoms with Gasteiger partial charge in [0.1, 0.15) is 6.04 Å². The number of rotatable bonds is 14. The molecule has 1 amide bonds. The molecule has 1 aliphatic rings. The van der Waals surface area contributed by atoms with Crippen molar-refractivity contribution in [3.63, 3.8) is 0 Å². The summed E-state index contributed by atoms with van der Waals surface area (Å²) in [7, 11) is 2.26. The first-order valence-corrected chi connectivity index (χ1v) is 17.0. The van der Waals surface area contributed by atoms with Crippen LogP contribution in [0.1, 0.15) is 79.3 Å². The van der Waals surface area contributed by atoms with Crippen LogP contribution in [0.15, 0.2) is 42.5 Å². The van der Waals surface area contributed by atoms with Crippen LogP contribution in [0.2, 0.25) is 0 Å². The molecular formula is C32H46F3N2O3PS. The Morgan fingerprint density at radius 2 is 1.81 bits per heavy atom. The van der Waals surface area contributed by atoms with E-state index in [-0.39, 0.29) is 12.3 Å². The SMILES string of the molecule is CSCCC(NC(=O)c1ccc(CNCCC2CCCCC2)cc1-c1ccccc1C)C(=O)O.FC(F)(F)CCCP. The quantitative estimate of drug-likeness (QED) is 0.147. The lowest BCUT2D eigenvalue weighted by Crippen LogP contribution is -2.41. The summed E-state index contributed by atoms with van der Waals surface area (Å²) in [5, 5.41) is 15.9. The zero-order valence-electron chi connectivity index (χ0n) is 24.8. The molecular weight excluding hydrogens is 580 g/mol. The lowest BCUT2D eigenvalue weighted by Gasteiger charge is -2.21. The summed E-state index contributed by atoms with van der Waals surface area (Å²) >= 11 is 1.57. The average molecular weight is 627 g/mol. The third-order valence-electron chi connectivity index (χ3n) is 7.43. The van der Waals surface area contributed by atoms with E-state index in [2.05, 4.69) is 25.9 Å². The number of halogens is 3. The summed E-state index contributed by atoms with van der Waals surface area (Å²) in [6.07, 6.45) is 6.51. The van der Waals surface area contributed by atoms with E-state index in [9.17, 15) is 27.9 Å². The Morgan fingerprint density at radius 1 is 1.10 bits per heavy atom. The Hall–Kier alpha value is -2.09. The van der Waals surface area contributed by atoms with Crippen LogP contribution >= 0.6 is 21.0 Å². The Balaban J connectivity index is 0.000000675. The highest BCUT2D eigenvalue weighted by Gasteiger charge is 2.25. The van der Waals surface area contributed by atoms with Crippen LogP contribution in [0, 0.1) is 12.8 Å². The van der Waals surface area contributed by atoms with Crippen molar-refractivity contribution < 1.29 is 27.9 Å². The van der Waals surface area contributed by atoms with Gasteiger partial charge >= 0.3 is 12.1 Å². The van der Waals surface area contributed by atoms with Gasteiger partial charge in [0, 0.05) is 18.5 Å². The van der Waals surface area contributed by atoms with Crippen LogP contribution < -0.4 is 10.6 Å². The molecule has 2 aromatic rings. The molecule has 0 spiro atoms. The maximum atomic E-state index is 13.2. The standard InChI is InChI=1S/C28H38N2O3S.C4H8F3P/c1-20-8-6-7-11-23(20)25-18-22(19-29-16-14-21-9-4-3-5-10-21)12-13-24(25)27(31)30-26(28(32)33)15-17-34-2;5-4(6,7)2-1-3-8/h6-8,11-13,18,21,26,29H,3-5,9-10,14-17,19H2,1-2H3,(H,30,31)(H,32,33);1-3,8H2. The van der Waals surface area contributed by atoms with Crippen molar-refractivity contribution in [2.75, 3.05) is 24.7 Å². The zero-order valence-corrected chi connectivity index (χ0v) is 26.7. The predicted molar refractivity (Wildman–Crippen MR) is 171 cm³/mol. The molecule has 1 fully saturated rings. The van der Waals surface area contributed by atoms with Crippen molar-refractivity contribution in [1.82, 2.24) is 10.6 Å². The molecule has 2 aromatic carbocycles. The highest BCUT2D eigenvalue weighted by molar-refractivity contribution is 7.98. The Bertz CT molecular complexity index is 1110. The van der Waals surface area contributed by atoms with Crippen LogP contribution in [-0.2, 0) is 11.3 Å². The number of carboxylic acid groups (broad SMARTS) is 1. The van der Waals surface area contributed by atoms with Crippen molar-refractivity contribution in [1.29, 1.82) is 0 Å². The number of carbonyl (C=O) groups excluding carboxylic acids is 1. The number of benzene rings is 2. The van der Waals surface area contributed by atoms with Gasteiger partial charge in [-0.25, -0.2) is 4.79 Å². The van der Waals surface area contributed by atoms with Gasteiger partial charge in [0.15, 0.2) is 0 Å². The highest BCUT2D eigenvalue weighted by atomic mass is 32.2. The van der Waals surface area contributed by atoms with Gasteiger partial charge in [-0.05, 0) is 91.2 Å². The van der Waals surface area contributed by atoms with Gasteiger partial charge in [-0.2, -0.15) is 24.9 Å². The molecule has 3 rings (SSSR count). The average Bonchev–Trinajstić information content (AvgIpc) is 2.97. The summed E-state index contributed by atoms with van der Waals surface area (Å²) in [5.41, 5.74) is 4.55. The van der Waals surface area contributed by atoms with Crippen molar-refractivity contribution in [3.05, 3.63) is 59.2 Å². The molecule has 2 unspecified atom stereocenters. The molecule has 42 heavy (non-hydrogen) atoms. The van der Waals surface area contributed by atoms with Crippen molar-refractivity contribution in [2.24, 2.45) is 5.92 Å². The Labute approximate surface area is 255 Å². The van der Waals surface area contributed by atoms with Crippen LogP contribution in [0.25, 0.3) is 11.1 Å². The van der Waals surface area contributed by atoms with Crippen LogP contribution in [-0.4, -0.2) is 53.9 Å². The molecule has 0 heterocycles. The fourth-order valence-corrected chi connectivity index (χ4v) is 5.72. The molecule has 0 saturated heterocycles. The van der Waals surface area contributed by atoms with Gasteiger partial charge in [0.2, 0.25) is 0 Å². The molecule has 1 saturated carbocycles. The normalized spacial score (nSPS) is 14.5. The summed E-state index contributed by atoms with van der Waals surface area (Å²) < 4.78 is 33.7. The molecule has 5 nitrogen and oxygen atoms in total. The van der Waals surface area contributed by atoms with E-state index >= 15 is 0 Å². The van der Waals surface area contributed by atoms with Crippen LogP contribution in [0.4, 0.5) is 13.2 Å². The van der Waals surface area contributed by atoms with Crippen molar-refractivity contribution >= 4 is 32.9 Å². The second kappa shape index (κ2) is 19.2.